The Morgan fingerprint density at radius 1 is 0.961 bits per heavy atom. The maximum Gasteiger partial charge on any atom is 0.311 e. The maximum atomic E-state index is 13.5. The van der Waals surface area contributed by atoms with Gasteiger partial charge in [0.25, 0.3) is 11.6 Å². The number of nitro benzene ring substituents is 1. The summed E-state index contributed by atoms with van der Waals surface area (Å²) in [7, 11) is 0. The molecule has 4 heterocycles. The molecule has 1 N–H and O–H groups in total. The quantitative estimate of drug-likeness (QED) is 0.147. The predicted molar refractivity (Wildman–Crippen MR) is 174 cm³/mol. The van der Waals surface area contributed by atoms with Crippen molar-refractivity contribution >= 4 is 11.7 Å². The van der Waals surface area contributed by atoms with Gasteiger partial charge < -0.3 is 47.7 Å². The molecule has 4 aliphatic rings. The third-order valence-electron chi connectivity index (χ3n) is 9.08. The number of aliphatic hydroxyl groups is 1. The number of nitrogens with zero attached hydrogens (tertiary/aromatic N) is 1. The first-order valence-corrected chi connectivity index (χ1v) is 16.9. The van der Waals surface area contributed by atoms with Crippen LogP contribution in [0.2, 0.25) is 0 Å². The Balaban J connectivity index is 0.00000504. The largest absolute Gasteiger partial charge is 0.455 e. The van der Waals surface area contributed by atoms with Crippen molar-refractivity contribution in [3.05, 3.63) is 88.4 Å². The van der Waals surface area contributed by atoms with E-state index in [1.165, 1.54) is 12.1 Å². The second-order valence-electron chi connectivity index (χ2n) is 13.9. The molecule has 2 aromatic rings. The summed E-state index contributed by atoms with van der Waals surface area (Å²) in [5.41, 5.74) is 0.924. The van der Waals surface area contributed by atoms with Crippen LogP contribution in [0.4, 0.5) is 5.69 Å². The van der Waals surface area contributed by atoms with Gasteiger partial charge in [0.05, 0.1) is 23.0 Å². The third-order valence-corrected chi connectivity index (χ3v) is 9.08. The summed E-state index contributed by atoms with van der Waals surface area (Å²) < 4.78 is 55.8. The number of aryl methyl sites for hydroxylation is 1. The summed E-state index contributed by atoms with van der Waals surface area (Å²) >= 11 is 0. The first-order valence-electron chi connectivity index (χ1n) is 16.9. The standard InChI is InChI=1S/C36H45NO13.Y/c1-20-26(38)28-30(46-21(2)45-28)34(44-20)49-29-27-25(19-43-32(48-27)23-12-7-6-8-13-23)47-33(31(29)50-35(39)36(3,4)5)42-18-10-9-11-22-14-16-24(17-15-22)37(40)41;/h6-8,12-17,20,25-34,38H,2,9-11,18-19H2,1,3-5H3;. The Morgan fingerprint density at radius 3 is 2.35 bits per heavy atom. The van der Waals surface area contributed by atoms with Crippen LogP contribution >= 0.6 is 0 Å². The van der Waals surface area contributed by atoms with Crippen molar-refractivity contribution in [2.45, 2.75) is 115 Å². The number of non-ortho nitro benzene ring substituents is 1. The van der Waals surface area contributed by atoms with Gasteiger partial charge in [-0.2, -0.15) is 0 Å². The third kappa shape index (κ3) is 9.35. The Hall–Kier alpha value is -2.53. The number of esters is 1. The molecule has 6 rings (SSSR count). The minimum Gasteiger partial charge on any atom is -0.455 e. The van der Waals surface area contributed by atoms with Gasteiger partial charge in [-0.3, -0.25) is 14.9 Å². The number of ether oxygens (including phenoxy) is 9. The summed E-state index contributed by atoms with van der Waals surface area (Å²) in [6, 6.07) is 15.9. The average molecular weight is 789 g/mol. The van der Waals surface area contributed by atoms with Crippen molar-refractivity contribution in [3.8, 4) is 0 Å². The minimum atomic E-state index is -1.11. The van der Waals surface area contributed by atoms with Gasteiger partial charge in [0.2, 0.25) is 0 Å². The molecule has 4 fully saturated rings. The molecule has 0 spiro atoms. The fourth-order valence-electron chi connectivity index (χ4n) is 6.30. The molecule has 14 nitrogen and oxygen atoms in total. The number of hydrogen-bond acceptors (Lipinski definition) is 13. The molecule has 4 saturated heterocycles. The summed E-state index contributed by atoms with van der Waals surface area (Å²) in [6.45, 7) is 11.1. The SMILES string of the molecule is C=C1OC2C(OC3C4OC(c5ccccc5)OCC4OC(OCCCCc4ccc([N+](=O)[O-])cc4)C3OC(=O)C(C)(C)C)OC(C)C(O)C2O1.[Y]. The molecule has 0 aliphatic carbocycles. The van der Waals surface area contributed by atoms with Crippen LogP contribution in [0.1, 0.15) is 58.0 Å². The fourth-order valence-corrected chi connectivity index (χ4v) is 6.30. The van der Waals surface area contributed by atoms with E-state index in [9.17, 15) is 20.0 Å². The monoisotopic (exact) mass is 788 g/mol. The Labute approximate surface area is 322 Å². The number of fused-ring (bicyclic) bond motifs is 2. The number of nitro groups is 1. The number of aliphatic hydroxyl groups excluding tert-OH is 1. The fraction of sp³-hybridized carbons (Fsp3) is 0.583. The van der Waals surface area contributed by atoms with Crippen LogP contribution < -0.4 is 0 Å². The number of hydrogen-bond donors (Lipinski definition) is 1. The van der Waals surface area contributed by atoms with E-state index in [1.807, 2.05) is 30.3 Å². The first kappa shape index (κ1) is 39.7. The Morgan fingerprint density at radius 2 is 1.67 bits per heavy atom. The Bertz CT molecular complexity index is 1490. The van der Waals surface area contributed by atoms with Gasteiger partial charge in [0, 0.05) is 57.0 Å². The van der Waals surface area contributed by atoms with E-state index in [1.54, 1.807) is 39.8 Å². The molecular weight excluding hydrogens is 743 g/mol. The number of carbonyl (C=O) groups excluding carboxylic acids is 1. The number of rotatable bonds is 11. The molecule has 51 heavy (non-hydrogen) atoms. The smallest absolute Gasteiger partial charge is 0.311 e. The van der Waals surface area contributed by atoms with E-state index in [0.29, 0.717) is 12.8 Å². The zero-order valence-electron chi connectivity index (χ0n) is 29.2. The minimum absolute atomic E-state index is 0. The number of unbranched alkanes of at least 4 members (excludes halogenated alkanes) is 1. The van der Waals surface area contributed by atoms with Crippen molar-refractivity contribution in [2.75, 3.05) is 13.2 Å². The van der Waals surface area contributed by atoms with Crippen molar-refractivity contribution in [1.82, 2.24) is 0 Å². The molecule has 0 bridgehead atoms. The van der Waals surface area contributed by atoms with Crippen LogP contribution in [0, 0.1) is 15.5 Å². The summed E-state index contributed by atoms with van der Waals surface area (Å²) in [6.07, 6.45) is -7.77. The average Bonchev–Trinajstić information content (AvgIpc) is 3.50. The molecule has 275 valence electrons. The van der Waals surface area contributed by atoms with Crippen LogP contribution in [0.5, 0.6) is 0 Å². The van der Waals surface area contributed by atoms with Gasteiger partial charge in [-0.25, -0.2) is 0 Å². The van der Waals surface area contributed by atoms with Crippen LogP contribution in [-0.4, -0.2) is 90.6 Å². The van der Waals surface area contributed by atoms with Gasteiger partial charge >= 0.3 is 5.97 Å². The van der Waals surface area contributed by atoms with Crippen LogP contribution in [0.3, 0.4) is 0 Å². The van der Waals surface area contributed by atoms with E-state index in [4.69, 9.17) is 42.6 Å². The molecule has 0 aromatic heterocycles. The summed E-state index contributed by atoms with van der Waals surface area (Å²) in [5.74, 6) is -0.469. The predicted octanol–water partition coefficient (Wildman–Crippen LogP) is 4.47. The molecule has 11 unspecified atom stereocenters. The van der Waals surface area contributed by atoms with Gasteiger partial charge in [0.15, 0.2) is 37.2 Å². The number of benzene rings is 2. The van der Waals surface area contributed by atoms with Crippen LogP contribution in [0.25, 0.3) is 0 Å². The van der Waals surface area contributed by atoms with Crippen LogP contribution in [0.15, 0.2) is 67.1 Å². The molecule has 0 saturated carbocycles. The molecule has 0 amide bonds. The zero-order chi connectivity index (χ0) is 35.6. The van der Waals surface area contributed by atoms with Gasteiger partial charge in [-0.15, -0.1) is 0 Å². The van der Waals surface area contributed by atoms with Crippen molar-refractivity contribution < 1.29 is 90.2 Å². The molecule has 4 aliphatic heterocycles. The van der Waals surface area contributed by atoms with Crippen molar-refractivity contribution in [2.24, 2.45) is 5.41 Å². The van der Waals surface area contributed by atoms with Crippen LogP contribution in [-0.2, 0) is 86.6 Å². The van der Waals surface area contributed by atoms with E-state index in [0.717, 1.165) is 17.5 Å². The normalized spacial score (nSPS) is 33.1. The van der Waals surface area contributed by atoms with E-state index < -0.39 is 84.0 Å². The molecule has 11 atom stereocenters. The number of carbonyl (C=O) groups is 1. The van der Waals surface area contributed by atoms with Gasteiger partial charge in [-0.05, 0) is 59.1 Å². The molecule has 2 aromatic carbocycles. The first-order chi connectivity index (χ1) is 23.9. The maximum absolute atomic E-state index is 13.5. The van der Waals surface area contributed by atoms with Crippen molar-refractivity contribution in [3.63, 3.8) is 0 Å². The molecule has 1 radical (unpaired) electrons. The van der Waals surface area contributed by atoms with Gasteiger partial charge in [0.1, 0.15) is 24.4 Å². The van der Waals surface area contributed by atoms with E-state index in [2.05, 4.69) is 6.58 Å². The second-order valence-corrected chi connectivity index (χ2v) is 13.9. The topological polar surface area (TPSA) is 164 Å². The Kier molecular flexibility index (Phi) is 13.3. The van der Waals surface area contributed by atoms with Gasteiger partial charge in [-0.1, -0.05) is 42.5 Å². The molecular formula is C36H45NO13Y. The summed E-state index contributed by atoms with van der Waals surface area (Å²) in [5, 5.41) is 21.8. The van der Waals surface area contributed by atoms with E-state index in [-0.39, 0.29) is 57.6 Å². The van der Waals surface area contributed by atoms with Crippen molar-refractivity contribution in [1.29, 1.82) is 0 Å². The molecule has 15 heteroatoms. The second kappa shape index (κ2) is 17.1. The zero-order valence-corrected chi connectivity index (χ0v) is 32.0. The van der Waals surface area contributed by atoms with E-state index >= 15 is 0 Å². The summed E-state index contributed by atoms with van der Waals surface area (Å²) in [4.78, 5) is 24.0.